The van der Waals surface area contributed by atoms with E-state index in [9.17, 15) is 9.18 Å². The van der Waals surface area contributed by atoms with Crippen molar-refractivity contribution in [3.05, 3.63) is 59.2 Å². The molecular weight excluding hydrogens is 269 g/mol. The number of aryl methyl sites for hydroxylation is 2. The third-order valence-corrected chi connectivity index (χ3v) is 3.25. The molecule has 0 fully saturated rings. The van der Waals surface area contributed by atoms with E-state index in [2.05, 4.69) is 15.6 Å². The second-order valence-electron chi connectivity index (χ2n) is 4.72. The Morgan fingerprint density at radius 3 is 2.76 bits per heavy atom. The van der Waals surface area contributed by atoms with Gasteiger partial charge in [-0.15, -0.1) is 0 Å². The summed E-state index contributed by atoms with van der Waals surface area (Å²) < 4.78 is 13.6. The predicted octanol–water partition coefficient (Wildman–Crippen LogP) is 3.41. The lowest BCUT2D eigenvalue weighted by atomic mass is 10.1. The fourth-order valence-electron chi connectivity index (χ4n) is 1.97. The van der Waals surface area contributed by atoms with Gasteiger partial charge in [0.1, 0.15) is 5.82 Å². The molecule has 0 bridgehead atoms. The van der Waals surface area contributed by atoms with Gasteiger partial charge in [0, 0.05) is 24.1 Å². The van der Waals surface area contributed by atoms with Crippen molar-refractivity contribution in [2.75, 3.05) is 5.32 Å². The van der Waals surface area contributed by atoms with E-state index in [-0.39, 0.29) is 11.8 Å². The average molecular weight is 287 g/mol. The summed E-state index contributed by atoms with van der Waals surface area (Å²) in [6, 6.07) is 8.04. The lowest BCUT2D eigenvalue weighted by Gasteiger charge is -2.10. The maximum absolute atomic E-state index is 13.6. The summed E-state index contributed by atoms with van der Waals surface area (Å²) in [6.45, 7) is 4.14. The molecule has 0 aliphatic carbocycles. The monoisotopic (exact) mass is 287 g/mol. The second-order valence-corrected chi connectivity index (χ2v) is 4.72. The van der Waals surface area contributed by atoms with Gasteiger partial charge in [0.2, 0.25) is 0 Å². The van der Waals surface area contributed by atoms with Gasteiger partial charge < -0.3 is 10.6 Å². The Labute approximate surface area is 123 Å². The van der Waals surface area contributed by atoms with Crippen LogP contribution in [0.4, 0.5) is 14.9 Å². The van der Waals surface area contributed by atoms with Crippen molar-refractivity contribution in [2.24, 2.45) is 0 Å². The fourth-order valence-corrected chi connectivity index (χ4v) is 1.97. The van der Waals surface area contributed by atoms with E-state index >= 15 is 0 Å². The van der Waals surface area contributed by atoms with Crippen molar-refractivity contribution in [1.29, 1.82) is 0 Å². The molecule has 0 aliphatic heterocycles. The van der Waals surface area contributed by atoms with Gasteiger partial charge >= 0.3 is 6.03 Å². The van der Waals surface area contributed by atoms with Crippen molar-refractivity contribution in [2.45, 2.75) is 26.8 Å². The minimum absolute atomic E-state index is 0.307. The summed E-state index contributed by atoms with van der Waals surface area (Å²) in [4.78, 5) is 15.9. The van der Waals surface area contributed by atoms with E-state index in [0.717, 1.165) is 11.3 Å². The number of rotatable bonds is 4. The summed E-state index contributed by atoms with van der Waals surface area (Å²) in [6.07, 6.45) is 2.33. The van der Waals surface area contributed by atoms with Gasteiger partial charge in [-0.05, 0) is 42.7 Å². The molecule has 2 aromatic rings. The molecule has 0 unspecified atom stereocenters. The van der Waals surface area contributed by atoms with Gasteiger partial charge in [-0.25, -0.2) is 9.18 Å². The zero-order valence-corrected chi connectivity index (χ0v) is 12.1. The Bertz CT molecular complexity index is 643. The number of nitrogens with one attached hydrogen (secondary N) is 2. The van der Waals surface area contributed by atoms with Crippen LogP contribution in [-0.4, -0.2) is 11.0 Å². The lowest BCUT2D eigenvalue weighted by Crippen LogP contribution is -2.28. The largest absolute Gasteiger partial charge is 0.334 e. The molecule has 4 nitrogen and oxygen atoms in total. The van der Waals surface area contributed by atoms with Crippen LogP contribution >= 0.6 is 0 Å². The van der Waals surface area contributed by atoms with Crippen LogP contribution in [0.25, 0.3) is 0 Å². The summed E-state index contributed by atoms with van der Waals surface area (Å²) in [5.41, 5.74) is 2.88. The van der Waals surface area contributed by atoms with E-state index in [0.29, 0.717) is 24.2 Å². The molecule has 2 N–H and O–H groups in total. The maximum atomic E-state index is 13.6. The molecule has 21 heavy (non-hydrogen) atoms. The van der Waals surface area contributed by atoms with Gasteiger partial charge in [-0.3, -0.25) is 4.98 Å². The molecule has 0 saturated carbocycles. The number of benzene rings is 1. The number of halogens is 1. The van der Waals surface area contributed by atoms with E-state index in [1.54, 1.807) is 18.3 Å². The van der Waals surface area contributed by atoms with Crippen LogP contribution in [0, 0.1) is 12.7 Å². The van der Waals surface area contributed by atoms with Gasteiger partial charge in [0.05, 0.1) is 0 Å². The number of nitrogens with zero attached hydrogens (tertiary/aromatic N) is 1. The molecule has 0 saturated heterocycles. The minimum atomic E-state index is -0.373. The molecule has 1 heterocycles. The number of hydrogen-bond donors (Lipinski definition) is 2. The number of aromatic nitrogens is 1. The first-order valence-corrected chi connectivity index (χ1v) is 6.84. The number of carbonyl (C=O) groups is 1. The predicted molar refractivity (Wildman–Crippen MR) is 80.6 cm³/mol. The summed E-state index contributed by atoms with van der Waals surface area (Å²) >= 11 is 0. The van der Waals surface area contributed by atoms with Crippen molar-refractivity contribution < 1.29 is 9.18 Å². The van der Waals surface area contributed by atoms with Gasteiger partial charge in [-0.2, -0.15) is 0 Å². The van der Waals surface area contributed by atoms with Crippen LogP contribution in [0.15, 0.2) is 36.5 Å². The standard InChI is InChI=1S/C16H18FN3O/c1-3-12-6-7-14(9-15(12)17)20-16(21)19-10-13-5-4-8-18-11(13)2/h4-9H,3,10H2,1-2H3,(H2,19,20,21). The Morgan fingerprint density at radius 2 is 2.10 bits per heavy atom. The second kappa shape index (κ2) is 6.83. The molecule has 0 radical (unpaired) electrons. The number of hydrogen-bond acceptors (Lipinski definition) is 2. The van der Waals surface area contributed by atoms with Crippen LogP contribution in [0.3, 0.4) is 0 Å². The van der Waals surface area contributed by atoms with Gasteiger partial charge in [0.15, 0.2) is 0 Å². The van der Waals surface area contributed by atoms with Crippen LogP contribution in [-0.2, 0) is 13.0 Å². The third-order valence-electron chi connectivity index (χ3n) is 3.25. The highest BCUT2D eigenvalue weighted by Gasteiger charge is 2.06. The molecule has 0 aliphatic rings. The van der Waals surface area contributed by atoms with E-state index in [4.69, 9.17) is 0 Å². The molecule has 5 heteroatoms. The quantitative estimate of drug-likeness (QED) is 0.905. The SMILES string of the molecule is CCc1ccc(NC(=O)NCc2cccnc2C)cc1F. The summed E-state index contributed by atoms with van der Waals surface area (Å²) in [5.74, 6) is -0.307. The van der Waals surface area contributed by atoms with Crippen molar-refractivity contribution in [3.63, 3.8) is 0 Å². The number of anilines is 1. The minimum Gasteiger partial charge on any atom is -0.334 e. The van der Waals surface area contributed by atoms with E-state index in [1.165, 1.54) is 6.07 Å². The van der Waals surface area contributed by atoms with Gasteiger partial charge in [-0.1, -0.05) is 19.1 Å². The molecule has 2 rings (SSSR count). The molecular formula is C16H18FN3O. The highest BCUT2D eigenvalue weighted by Crippen LogP contribution is 2.15. The summed E-state index contributed by atoms with van der Waals surface area (Å²) in [5, 5.41) is 5.34. The van der Waals surface area contributed by atoms with Gasteiger partial charge in [0.25, 0.3) is 0 Å². The first-order valence-electron chi connectivity index (χ1n) is 6.84. The molecule has 2 amide bonds. The molecule has 0 atom stereocenters. The van der Waals surface area contributed by atoms with E-state index < -0.39 is 0 Å². The van der Waals surface area contributed by atoms with Crippen molar-refractivity contribution in [3.8, 4) is 0 Å². The number of urea groups is 1. The first-order chi connectivity index (χ1) is 10.1. The molecule has 0 spiro atoms. The lowest BCUT2D eigenvalue weighted by molar-refractivity contribution is 0.251. The summed E-state index contributed by atoms with van der Waals surface area (Å²) in [7, 11) is 0. The Balaban J connectivity index is 1.93. The zero-order valence-electron chi connectivity index (χ0n) is 12.1. The number of pyridine rings is 1. The molecule has 1 aromatic carbocycles. The smallest absolute Gasteiger partial charge is 0.319 e. The van der Waals surface area contributed by atoms with Crippen molar-refractivity contribution >= 4 is 11.7 Å². The Morgan fingerprint density at radius 1 is 1.29 bits per heavy atom. The Hall–Kier alpha value is -2.43. The average Bonchev–Trinajstić information content (AvgIpc) is 2.46. The third kappa shape index (κ3) is 4.02. The van der Waals surface area contributed by atoms with Crippen LogP contribution in [0.1, 0.15) is 23.7 Å². The highest BCUT2D eigenvalue weighted by atomic mass is 19.1. The maximum Gasteiger partial charge on any atom is 0.319 e. The first kappa shape index (κ1) is 15.0. The van der Waals surface area contributed by atoms with Crippen LogP contribution in [0.5, 0.6) is 0 Å². The fraction of sp³-hybridized carbons (Fsp3) is 0.250. The Kier molecular flexibility index (Phi) is 4.87. The van der Waals surface area contributed by atoms with Crippen LogP contribution < -0.4 is 10.6 Å². The highest BCUT2D eigenvalue weighted by molar-refractivity contribution is 5.89. The van der Waals surface area contributed by atoms with Crippen LogP contribution in [0.2, 0.25) is 0 Å². The topological polar surface area (TPSA) is 54.0 Å². The normalized spacial score (nSPS) is 10.2. The van der Waals surface area contributed by atoms with E-state index in [1.807, 2.05) is 26.0 Å². The number of carbonyl (C=O) groups excluding carboxylic acids is 1. The number of amides is 2. The van der Waals surface area contributed by atoms with Crippen molar-refractivity contribution in [1.82, 2.24) is 10.3 Å². The molecule has 1 aromatic heterocycles. The zero-order chi connectivity index (χ0) is 15.2. The molecule has 110 valence electrons.